The first kappa shape index (κ1) is 17.6. The number of nitrogens with zero attached hydrogens (tertiary/aromatic N) is 1. The maximum Gasteiger partial charge on any atom is 0.335 e. The van der Waals surface area contributed by atoms with Gasteiger partial charge in [0.2, 0.25) is 0 Å². The lowest BCUT2D eigenvalue weighted by Gasteiger charge is -2.38. The molecule has 1 aliphatic rings. The number of fused-ring (bicyclic) bond motifs is 1. The van der Waals surface area contributed by atoms with Crippen LogP contribution in [0.1, 0.15) is 32.4 Å². The number of carbonyl (C=O) groups excluding carboxylic acids is 1. The summed E-state index contributed by atoms with van der Waals surface area (Å²) in [6.45, 7) is 0. The van der Waals surface area contributed by atoms with Gasteiger partial charge in [0.05, 0.1) is 18.2 Å². The van der Waals surface area contributed by atoms with E-state index in [1.165, 1.54) is 12.1 Å². The molecule has 1 amide bonds. The van der Waals surface area contributed by atoms with Crippen LogP contribution in [0.3, 0.4) is 0 Å². The van der Waals surface area contributed by atoms with Gasteiger partial charge in [0, 0.05) is 11.4 Å². The number of carboxylic acid groups (broad SMARTS) is 1. The van der Waals surface area contributed by atoms with E-state index in [-0.39, 0.29) is 11.5 Å². The number of aromatic carboxylic acids is 1. The van der Waals surface area contributed by atoms with Gasteiger partial charge in [-0.15, -0.1) is 0 Å². The molecular weight excluding hydrogens is 356 g/mol. The molecule has 6 heteroatoms. The molecule has 3 aromatic carbocycles. The first-order valence-corrected chi connectivity index (χ1v) is 8.75. The number of amides is 1. The molecule has 4 rings (SSSR count). The van der Waals surface area contributed by atoms with Gasteiger partial charge in [-0.3, -0.25) is 9.69 Å². The first-order valence-electron chi connectivity index (χ1n) is 8.75. The fourth-order valence-corrected chi connectivity index (χ4v) is 3.30. The van der Waals surface area contributed by atoms with Gasteiger partial charge >= 0.3 is 5.97 Å². The summed E-state index contributed by atoms with van der Waals surface area (Å²) in [6.07, 6.45) is -0.473. The minimum Gasteiger partial charge on any atom is -0.497 e. The molecular formula is C22H18N2O4. The van der Waals surface area contributed by atoms with E-state index in [1.54, 1.807) is 42.3 Å². The van der Waals surface area contributed by atoms with Crippen molar-refractivity contribution in [3.63, 3.8) is 0 Å². The monoisotopic (exact) mass is 374 g/mol. The van der Waals surface area contributed by atoms with Crippen LogP contribution in [0.25, 0.3) is 0 Å². The van der Waals surface area contributed by atoms with Crippen molar-refractivity contribution in [3.05, 3.63) is 89.5 Å². The molecule has 1 atom stereocenters. The lowest BCUT2D eigenvalue weighted by atomic mass is 10.0. The van der Waals surface area contributed by atoms with E-state index in [0.717, 1.165) is 11.3 Å². The number of rotatable bonds is 4. The fraction of sp³-hybridized carbons (Fsp3) is 0.0909. The van der Waals surface area contributed by atoms with E-state index in [2.05, 4.69) is 5.32 Å². The quantitative estimate of drug-likeness (QED) is 0.717. The van der Waals surface area contributed by atoms with Crippen molar-refractivity contribution >= 4 is 23.3 Å². The molecule has 0 aromatic heterocycles. The maximum atomic E-state index is 13.3. The number of methoxy groups -OCH3 is 1. The predicted molar refractivity (Wildman–Crippen MR) is 106 cm³/mol. The summed E-state index contributed by atoms with van der Waals surface area (Å²) in [5, 5.41) is 12.5. The van der Waals surface area contributed by atoms with Crippen LogP contribution in [0.4, 0.5) is 11.4 Å². The zero-order valence-electron chi connectivity index (χ0n) is 15.1. The Hall–Kier alpha value is -3.80. The number of hydrogen-bond acceptors (Lipinski definition) is 4. The third-order valence-electron chi connectivity index (χ3n) is 4.75. The average Bonchev–Trinajstić information content (AvgIpc) is 2.74. The predicted octanol–water partition coefficient (Wildman–Crippen LogP) is 4.16. The van der Waals surface area contributed by atoms with Crippen LogP contribution in [-0.2, 0) is 0 Å². The molecule has 0 aliphatic carbocycles. The standard InChI is InChI=1S/C22H18N2O4/c1-28-17-12-10-16(11-13-17)24-20(14-6-8-15(9-7-14)22(26)27)23-19-5-3-2-4-18(19)21(24)25/h2-13,20,23H,1H3,(H,26,27)/t20-/m1/s1. The van der Waals surface area contributed by atoms with Crippen molar-refractivity contribution in [1.29, 1.82) is 0 Å². The van der Waals surface area contributed by atoms with Gasteiger partial charge in [-0.25, -0.2) is 4.79 Å². The summed E-state index contributed by atoms with van der Waals surface area (Å²) in [6, 6.07) is 21.1. The van der Waals surface area contributed by atoms with E-state index in [0.29, 0.717) is 17.0 Å². The number of anilines is 2. The summed E-state index contributed by atoms with van der Waals surface area (Å²) in [4.78, 5) is 26.1. The fourth-order valence-electron chi connectivity index (χ4n) is 3.30. The van der Waals surface area contributed by atoms with E-state index in [9.17, 15) is 9.59 Å². The molecule has 2 N–H and O–H groups in total. The minimum absolute atomic E-state index is 0.133. The zero-order chi connectivity index (χ0) is 19.7. The van der Waals surface area contributed by atoms with Crippen molar-refractivity contribution < 1.29 is 19.4 Å². The highest BCUT2D eigenvalue weighted by molar-refractivity contribution is 6.12. The molecule has 0 fully saturated rings. The number of carboxylic acids is 1. The Morgan fingerprint density at radius 3 is 2.32 bits per heavy atom. The Kier molecular flexibility index (Phi) is 4.45. The summed E-state index contributed by atoms with van der Waals surface area (Å²) < 4.78 is 5.21. The van der Waals surface area contributed by atoms with Gasteiger partial charge < -0.3 is 15.2 Å². The molecule has 0 saturated carbocycles. The van der Waals surface area contributed by atoms with Gasteiger partial charge in [-0.1, -0.05) is 24.3 Å². The van der Waals surface area contributed by atoms with Crippen molar-refractivity contribution in [2.75, 3.05) is 17.3 Å². The molecule has 0 saturated heterocycles. The Morgan fingerprint density at radius 1 is 1.00 bits per heavy atom. The molecule has 1 aliphatic heterocycles. The summed E-state index contributed by atoms with van der Waals surface area (Å²) >= 11 is 0. The number of benzene rings is 3. The van der Waals surface area contributed by atoms with Gasteiger partial charge in [-0.05, 0) is 54.1 Å². The number of hydrogen-bond donors (Lipinski definition) is 2. The molecule has 0 bridgehead atoms. The second-order valence-corrected chi connectivity index (χ2v) is 6.39. The van der Waals surface area contributed by atoms with Crippen LogP contribution >= 0.6 is 0 Å². The summed E-state index contributed by atoms with van der Waals surface area (Å²) in [7, 11) is 1.59. The largest absolute Gasteiger partial charge is 0.497 e. The van der Waals surface area contributed by atoms with Crippen LogP contribution in [0.5, 0.6) is 5.75 Å². The lowest BCUT2D eigenvalue weighted by molar-refractivity contribution is 0.0696. The highest BCUT2D eigenvalue weighted by Gasteiger charge is 2.34. The summed E-state index contributed by atoms with van der Waals surface area (Å²) in [5.41, 5.74) is 3.01. The van der Waals surface area contributed by atoms with Gasteiger partial charge in [0.15, 0.2) is 0 Å². The molecule has 28 heavy (non-hydrogen) atoms. The van der Waals surface area contributed by atoms with Crippen LogP contribution in [-0.4, -0.2) is 24.1 Å². The highest BCUT2D eigenvalue weighted by Crippen LogP contribution is 2.37. The molecule has 0 unspecified atom stereocenters. The lowest BCUT2D eigenvalue weighted by Crippen LogP contribution is -2.43. The maximum absolute atomic E-state index is 13.3. The van der Waals surface area contributed by atoms with Gasteiger partial charge in [-0.2, -0.15) is 0 Å². The second-order valence-electron chi connectivity index (χ2n) is 6.39. The van der Waals surface area contributed by atoms with E-state index < -0.39 is 12.1 Å². The van der Waals surface area contributed by atoms with Crippen LogP contribution < -0.4 is 15.0 Å². The Bertz CT molecular complexity index is 1030. The SMILES string of the molecule is COc1ccc(N2C(=O)c3ccccc3N[C@H]2c2ccc(C(=O)O)cc2)cc1. The van der Waals surface area contributed by atoms with Crippen molar-refractivity contribution in [3.8, 4) is 5.75 Å². The third-order valence-corrected chi connectivity index (χ3v) is 4.75. The molecule has 1 heterocycles. The van der Waals surface area contributed by atoms with Crippen molar-refractivity contribution in [2.45, 2.75) is 6.17 Å². The molecule has 0 radical (unpaired) electrons. The van der Waals surface area contributed by atoms with E-state index in [4.69, 9.17) is 9.84 Å². The van der Waals surface area contributed by atoms with Crippen LogP contribution in [0.15, 0.2) is 72.8 Å². The minimum atomic E-state index is -0.989. The second kappa shape index (κ2) is 7.08. The Morgan fingerprint density at radius 2 is 1.68 bits per heavy atom. The van der Waals surface area contributed by atoms with Crippen molar-refractivity contribution in [1.82, 2.24) is 0 Å². The van der Waals surface area contributed by atoms with Crippen molar-refractivity contribution in [2.24, 2.45) is 0 Å². The number of ether oxygens (including phenoxy) is 1. The van der Waals surface area contributed by atoms with Crippen LogP contribution in [0, 0.1) is 0 Å². The van der Waals surface area contributed by atoms with E-state index >= 15 is 0 Å². The van der Waals surface area contributed by atoms with Crippen LogP contribution in [0.2, 0.25) is 0 Å². The first-order chi connectivity index (χ1) is 13.6. The number of para-hydroxylation sites is 1. The average molecular weight is 374 g/mol. The van der Waals surface area contributed by atoms with E-state index in [1.807, 2.05) is 30.3 Å². The highest BCUT2D eigenvalue weighted by atomic mass is 16.5. The Labute approximate surface area is 162 Å². The summed E-state index contributed by atoms with van der Waals surface area (Å²) in [5.74, 6) is -0.424. The number of carbonyl (C=O) groups is 2. The molecule has 0 spiro atoms. The molecule has 140 valence electrons. The third kappa shape index (κ3) is 3.05. The zero-order valence-corrected chi connectivity index (χ0v) is 15.1. The smallest absolute Gasteiger partial charge is 0.335 e. The van der Waals surface area contributed by atoms with Gasteiger partial charge in [0.1, 0.15) is 11.9 Å². The molecule has 3 aromatic rings. The Balaban J connectivity index is 1.80. The topological polar surface area (TPSA) is 78.9 Å². The normalized spacial score (nSPS) is 15.5. The molecule has 6 nitrogen and oxygen atoms in total. The number of nitrogens with one attached hydrogen (secondary N) is 1. The van der Waals surface area contributed by atoms with Gasteiger partial charge in [0.25, 0.3) is 5.91 Å².